The van der Waals surface area contributed by atoms with Gasteiger partial charge in [0.2, 0.25) is 0 Å². The van der Waals surface area contributed by atoms with Crippen molar-refractivity contribution in [1.82, 2.24) is 20.6 Å². The zero-order valence-corrected chi connectivity index (χ0v) is 18.3. The van der Waals surface area contributed by atoms with Crippen LogP contribution in [0.4, 0.5) is 0 Å². The number of carbonyl (C=O) groups excluding carboxylic acids is 2. The van der Waals surface area contributed by atoms with Crippen LogP contribution >= 0.6 is 23.2 Å². The van der Waals surface area contributed by atoms with E-state index in [1.807, 2.05) is 0 Å². The maximum atomic E-state index is 11.6. The largest absolute Gasteiger partial charge is 0.352 e. The molecule has 2 aliphatic rings. The Kier molecular flexibility index (Phi) is 8.46. The summed E-state index contributed by atoms with van der Waals surface area (Å²) in [4.78, 5) is 30.9. The molecule has 0 aliphatic heterocycles. The normalized spacial score (nSPS) is 15.8. The zero-order chi connectivity index (χ0) is 21.3. The Hall–Kier alpha value is -2.18. The molecule has 0 unspecified atom stereocenters. The molecule has 2 heterocycles. The quantitative estimate of drug-likeness (QED) is 0.635. The van der Waals surface area contributed by atoms with E-state index in [1.165, 1.54) is 50.9 Å². The van der Waals surface area contributed by atoms with Crippen LogP contribution < -0.4 is 10.6 Å². The van der Waals surface area contributed by atoms with E-state index in [4.69, 9.17) is 23.2 Å². The highest BCUT2D eigenvalue weighted by Gasteiger charge is 2.19. The van der Waals surface area contributed by atoms with Gasteiger partial charge >= 0.3 is 0 Å². The summed E-state index contributed by atoms with van der Waals surface area (Å²) in [5.74, 6) is 1.22. The molecule has 2 saturated carbocycles. The van der Waals surface area contributed by atoms with Gasteiger partial charge < -0.3 is 10.6 Å². The van der Waals surface area contributed by atoms with Crippen molar-refractivity contribution in [3.63, 3.8) is 0 Å². The summed E-state index contributed by atoms with van der Waals surface area (Å²) < 4.78 is 0. The molecule has 2 aromatic heterocycles. The fourth-order valence-electron chi connectivity index (χ4n) is 3.09. The number of nitrogens with one attached hydrogen (secondary N) is 2. The van der Waals surface area contributed by atoms with E-state index in [-0.39, 0.29) is 11.8 Å². The van der Waals surface area contributed by atoms with Crippen molar-refractivity contribution >= 4 is 35.0 Å². The lowest BCUT2D eigenvalue weighted by Crippen LogP contribution is -2.32. The lowest BCUT2D eigenvalue weighted by atomic mass is 9.85. The Morgan fingerprint density at radius 1 is 0.767 bits per heavy atom. The molecule has 4 rings (SSSR count). The molecule has 30 heavy (non-hydrogen) atoms. The number of hydrogen-bond acceptors (Lipinski definition) is 4. The monoisotopic (exact) mass is 448 g/mol. The van der Waals surface area contributed by atoms with Gasteiger partial charge in [0, 0.05) is 25.5 Å². The summed E-state index contributed by atoms with van der Waals surface area (Å²) >= 11 is 11.3. The van der Waals surface area contributed by atoms with E-state index in [0.717, 1.165) is 13.1 Å². The Bertz CT molecular complexity index is 764. The minimum Gasteiger partial charge on any atom is -0.352 e. The van der Waals surface area contributed by atoms with Crippen molar-refractivity contribution in [3.8, 4) is 0 Å². The number of rotatable bonds is 6. The second-order valence-corrected chi connectivity index (χ2v) is 8.53. The van der Waals surface area contributed by atoms with E-state index in [0.29, 0.717) is 33.3 Å². The summed E-state index contributed by atoms with van der Waals surface area (Å²) in [7, 11) is 0. The molecule has 6 nitrogen and oxygen atoms in total. The summed E-state index contributed by atoms with van der Waals surface area (Å²) in [5, 5.41) is 6.61. The predicted molar refractivity (Wildman–Crippen MR) is 118 cm³/mol. The molecule has 0 spiro atoms. The molecule has 0 aromatic carbocycles. The number of hydrogen-bond donors (Lipinski definition) is 2. The molecule has 0 saturated heterocycles. The number of aromatic nitrogens is 2. The molecule has 2 aromatic rings. The highest BCUT2D eigenvalue weighted by molar-refractivity contribution is 6.29. The molecule has 0 atom stereocenters. The van der Waals surface area contributed by atoms with Gasteiger partial charge in [-0.3, -0.25) is 9.59 Å². The van der Waals surface area contributed by atoms with Crippen LogP contribution in [-0.2, 0) is 0 Å². The SMILES string of the molecule is O=C(NCC1CCC1)c1ccc(Cl)nc1.O=C(NCC1CCC1)c1ccc(Cl)nc1. The molecule has 0 bridgehead atoms. The van der Waals surface area contributed by atoms with E-state index in [2.05, 4.69) is 20.6 Å². The lowest BCUT2D eigenvalue weighted by molar-refractivity contribution is 0.0930. The summed E-state index contributed by atoms with van der Waals surface area (Å²) in [6, 6.07) is 6.62. The van der Waals surface area contributed by atoms with Crippen molar-refractivity contribution in [2.75, 3.05) is 13.1 Å². The third kappa shape index (κ3) is 6.96. The van der Waals surface area contributed by atoms with Crippen LogP contribution in [-0.4, -0.2) is 34.9 Å². The number of halogens is 2. The first kappa shape index (κ1) is 22.5. The van der Waals surface area contributed by atoms with Gasteiger partial charge in [0.25, 0.3) is 11.8 Å². The van der Waals surface area contributed by atoms with Gasteiger partial charge in [-0.15, -0.1) is 0 Å². The number of carbonyl (C=O) groups is 2. The van der Waals surface area contributed by atoms with Gasteiger partial charge in [-0.05, 0) is 61.8 Å². The van der Waals surface area contributed by atoms with Gasteiger partial charge in [0.1, 0.15) is 10.3 Å². The third-order valence-electron chi connectivity index (χ3n) is 5.53. The third-order valence-corrected chi connectivity index (χ3v) is 5.98. The average molecular weight is 449 g/mol. The van der Waals surface area contributed by atoms with Gasteiger partial charge in [0.05, 0.1) is 11.1 Å². The predicted octanol–water partition coefficient (Wildman–Crippen LogP) is 4.53. The lowest BCUT2D eigenvalue weighted by Gasteiger charge is -2.25. The molecular formula is C22H26Cl2N4O2. The molecule has 8 heteroatoms. The van der Waals surface area contributed by atoms with Crippen LogP contribution in [0.15, 0.2) is 36.7 Å². The number of pyridine rings is 2. The van der Waals surface area contributed by atoms with E-state index in [1.54, 1.807) is 24.3 Å². The summed E-state index contributed by atoms with van der Waals surface area (Å²) in [5.41, 5.74) is 1.14. The van der Waals surface area contributed by atoms with Crippen LogP contribution in [0.5, 0.6) is 0 Å². The van der Waals surface area contributed by atoms with E-state index >= 15 is 0 Å². The first-order chi connectivity index (χ1) is 14.5. The van der Waals surface area contributed by atoms with Crippen molar-refractivity contribution in [2.45, 2.75) is 38.5 Å². The first-order valence-electron chi connectivity index (χ1n) is 10.3. The topological polar surface area (TPSA) is 84.0 Å². The molecule has 2 amide bonds. The Balaban J connectivity index is 0.000000171. The van der Waals surface area contributed by atoms with Crippen LogP contribution in [0.1, 0.15) is 59.2 Å². The minimum atomic E-state index is -0.0638. The minimum absolute atomic E-state index is 0.0638. The molecule has 2 N–H and O–H groups in total. The van der Waals surface area contributed by atoms with Crippen LogP contribution in [0.25, 0.3) is 0 Å². The Morgan fingerprint density at radius 2 is 1.17 bits per heavy atom. The van der Waals surface area contributed by atoms with Gasteiger partial charge in [-0.1, -0.05) is 36.0 Å². The van der Waals surface area contributed by atoms with Crippen LogP contribution in [0.3, 0.4) is 0 Å². The van der Waals surface area contributed by atoms with Crippen molar-refractivity contribution in [3.05, 3.63) is 58.1 Å². The highest BCUT2D eigenvalue weighted by Crippen LogP contribution is 2.25. The van der Waals surface area contributed by atoms with Gasteiger partial charge in [-0.2, -0.15) is 0 Å². The fourth-order valence-corrected chi connectivity index (χ4v) is 3.32. The summed E-state index contributed by atoms with van der Waals surface area (Å²) in [6.45, 7) is 1.56. The average Bonchev–Trinajstić information content (AvgIpc) is 2.67. The highest BCUT2D eigenvalue weighted by atomic mass is 35.5. The molecular weight excluding hydrogens is 423 g/mol. The second-order valence-electron chi connectivity index (χ2n) is 7.75. The van der Waals surface area contributed by atoms with E-state index < -0.39 is 0 Å². The van der Waals surface area contributed by atoms with Crippen molar-refractivity contribution in [2.24, 2.45) is 11.8 Å². The van der Waals surface area contributed by atoms with Gasteiger partial charge in [0.15, 0.2) is 0 Å². The zero-order valence-electron chi connectivity index (χ0n) is 16.7. The first-order valence-corrected chi connectivity index (χ1v) is 11.1. The maximum Gasteiger partial charge on any atom is 0.252 e. The molecule has 160 valence electrons. The van der Waals surface area contributed by atoms with Crippen molar-refractivity contribution < 1.29 is 9.59 Å². The molecule has 0 radical (unpaired) electrons. The number of amides is 2. The number of nitrogens with zero attached hydrogens (tertiary/aromatic N) is 2. The van der Waals surface area contributed by atoms with Crippen molar-refractivity contribution in [1.29, 1.82) is 0 Å². The smallest absolute Gasteiger partial charge is 0.252 e. The second kappa shape index (κ2) is 11.3. The Morgan fingerprint density at radius 3 is 1.43 bits per heavy atom. The molecule has 2 fully saturated rings. The van der Waals surface area contributed by atoms with E-state index in [9.17, 15) is 9.59 Å². The van der Waals surface area contributed by atoms with Crippen LogP contribution in [0, 0.1) is 11.8 Å². The van der Waals surface area contributed by atoms with Gasteiger partial charge in [-0.25, -0.2) is 9.97 Å². The fraction of sp³-hybridized carbons (Fsp3) is 0.455. The standard InChI is InChI=1S/2C11H13ClN2O/c2*12-10-5-4-9(7-13-10)11(15)14-6-8-2-1-3-8/h2*4-5,7-8H,1-3,6H2,(H,14,15). The molecule has 2 aliphatic carbocycles. The summed E-state index contributed by atoms with van der Waals surface area (Å²) in [6.07, 6.45) is 10.5. The van der Waals surface area contributed by atoms with Crippen LogP contribution in [0.2, 0.25) is 10.3 Å². The maximum absolute atomic E-state index is 11.6. The Labute approximate surface area is 186 Å².